The van der Waals surface area contributed by atoms with Crippen LogP contribution in [0.25, 0.3) is 0 Å². The zero-order valence-corrected chi connectivity index (χ0v) is 8.16. The molecule has 1 rings (SSSR count). The summed E-state index contributed by atoms with van der Waals surface area (Å²) in [7, 11) is 1.83. The molecule has 0 bridgehead atoms. The zero-order chi connectivity index (χ0) is 9.68. The van der Waals surface area contributed by atoms with Crippen LogP contribution in [-0.4, -0.2) is 26.6 Å². The van der Waals surface area contributed by atoms with Crippen molar-refractivity contribution < 1.29 is 0 Å². The average molecular weight is 197 g/mol. The van der Waals surface area contributed by atoms with Crippen LogP contribution < -0.4 is 5.73 Å². The highest BCUT2D eigenvalue weighted by molar-refractivity contribution is 7.99. The van der Waals surface area contributed by atoms with E-state index in [0.29, 0.717) is 6.42 Å². The van der Waals surface area contributed by atoms with Gasteiger partial charge in [0.1, 0.15) is 6.33 Å². The molecular formula is C7H11N5S. The molecule has 0 saturated carbocycles. The number of thioether (sulfide) groups is 1. The largest absolute Gasteiger partial charge is 0.316 e. The topological polar surface area (TPSA) is 80.5 Å². The minimum absolute atomic E-state index is 0.374. The lowest BCUT2D eigenvalue weighted by Gasteiger charge is -2.01. The molecule has 2 N–H and O–H groups in total. The summed E-state index contributed by atoms with van der Waals surface area (Å²) in [4.78, 5) is 4.03. The molecular weight excluding hydrogens is 186 g/mol. The molecule has 13 heavy (non-hydrogen) atoms. The number of nitrogens with zero attached hydrogens (tertiary/aromatic N) is 4. The summed E-state index contributed by atoms with van der Waals surface area (Å²) in [5, 5.41) is 13.2. The normalized spacial score (nSPS) is 12.4. The summed E-state index contributed by atoms with van der Waals surface area (Å²) in [6.45, 7) is 0. The molecule has 0 spiro atoms. The summed E-state index contributed by atoms with van der Waals surface area (Å²) in [5.74, 6) is 0.793. The van der Waals surface area contributed by atoms with Crippen molar-refractivity contribution in [2.45, 2.75) is 17.6 Å². The van der Waals surface area contributed by atoms with E-state index >= 15 is 0 Å². The molecule has 0 aliphatic carbocycles. The Morgan fingerprint density at radius 3 is 3.15 bits per heavy atom. The molecule has 0 aliphatic heterocycles. The van der Waals surface area contributed by atoms with Crippen LogP contribution in [0.1, 0.15) is 6.42 Å². The number of nitriles is 1. The van der Waals surface area contributed by atoms with Gasteiger partial charge in [0, 0.05) is 12.8 Å². The predicted octanol–water partition coefficient (Wildman–Crippen LogP) is 0.148. The Kier molecular flexibility index (Phi) is 3.73. The lowest BCUT2D eigenvalue weighted by atomic mass is 10.3. The maximum atomic E-state index is 8.43. The summed E-state index contributed by atoms with van der Waals surface area (Å²) >= 11 is 1.56. The maximum absolute atomic E-state index is 8.43. The van der Waals surface area contributed by atoms with Crippen LogP contribution >= 0.6 is 11.8 Å². The van der Waals surface area contributed by atoms with Gasteiger partial charge in [0.15, 0.2) is 5.16 Å². The van der Waals surface area contributed by atoms with Gasteiger partial charge in [-0.1, -0.05) is 11.8 Å². The summed E-state index contributed by atoms with van der Waals surface area (Å²) in [5.41, 5.74) is 5.43. The lowest BCUT2D eigenvalue weighted by Crippen LogP contribution is -2.17. The fraction of sp³-hybridized carbons (Fsp3) is 0.571. The SMILES string of the molecule is Cn1ncnc1SCCC(N)C#N. The second-order valence-corrected chi connectivity index (χ2v) is 3.60. The van der Waals surface area contributed by atoms with Gasteiger partial charge in [-0.05, 0) is 6.42 Å². The van der Waals surface area contributed by atoms with Gasteiger partial charge in [0.2, 0.25) is 0 Å². The third-order valence-electron chi connectivity index (χ3n) is 1.50. The minimum atomic E-state index is -0.374. The third kappa shape index (κ3) is 3.05. The van der Waals surface area contributed by atoms with Gasteiger partial charge in [0.05, 0.1) is 12.1 Å². The zero-order valence-electron chi connectivity index (χ0n) is 7.34. The second-order valence-electron chi connectivity index (χ2n) is 2.54. The van der Waals surface area contributed by atoms with E-state index in [9.17, 15) is 0 Å². The van der Waals surface area contributed by atoms with Crippen molar-refractivity contribution >= 4 is 11.8 Å². The van der Waals surface area contributed by atoms with Gasteiger partial charge in [0.25, 0.3) is 0 Å². The fourth-order valence-corrected chi connectivity index (χ4v) is 1.67. The van der Waals surface area contributed by atoms with Crippen molar-refractivity contribution in [3.8, 4) is 6.07 Å². The molecule has 1 heterocycles. The Balaban J connectivity index is 2.29. The van der Waals surface area contributed by atoms with E-state index in [0.717, 1.165) is 10.9 Å². The molecule has 1 unspecified atom stereocenters. The first-order chi connectivity index (χ1) is 6.24. The summed E-state index contributed by atoms with van der Waals surface area (Å²) in [6.07, 6.45) is 2.18. The average Bonchev–Trinajstić information content (AvgIpc) is 2.52. The van der Waals surface area contributed by atoms with Crippen LogP contribution in [0.15, 0.2) is 11.5 Å². The standard InChI is InChI=1S/C7H11N5S/c1-12-7(10-5-11-12)13-3-2-6(9)4-8/h5-6H,2-3,9H2,1H3. The Morgan fingerprint density at radius 1 is 1.85 bits per heavy atom. The molecule has 0 saturated heterocycles. The number of hydrogen-bond donors (Lipinski definition) is 1. The van der Waals surface area contributed by atoms with E-state index in [2.05, 4.69) is 10.1 Å². The van der Waals surface area contributed by atoms with Gasteiger partial charge < -0.3 is 5.73 Å². The minimum Gasteiger partial charge on any atom is -0.316 e. The highest BCUT2D eigenvalue weighted by atomic mass is 32.2. The van der Waals surface area contributed by atoms with E-state index in [1.165, 1.54) is 6.33 Å². The molecule has 0 amide bonds. The van der Waals surface area contributed by atoms with Crippen LogP contribution in [0, 0.1) is 11.3 Å². The first-order valence-electron chi connectivity index (χ1n) is 3.86. The Bertz CT molecular complexity index is 302. The van der Waals surface area contributed by atoms with Crippen molar-refractivity contribution in [3.63, 3.8) is 0 Å². The molecule has 1 aromatic heterocycles. The fourth-order valence-electron chi connectivity index (χ4n) is 0.758. The Hall–Kier alpha value is -1.06. The van der Waals surface area contributed by atoms with Crippen LogP contribution in [0.4, 0.5) is 0 Å². The van der Waals surface area contributed by atoms with Crippen LogP contribution in [-0.2, 0) is 7.05 Å². The van der Waals surface area contributed by atoms with Crippen molar-refractivity contribution in [2.75, 3.05) is 5.75 Å². The number of hydrogen-bond acceptors (Lipinski definition) is 5. The smallest absolute Gasteiger partial charge is 0.185 e. The quantitative estimate of drug-likeness (QED) is 0.695. The number of aromatic nitrogens is 3. The monoisotopic (exact) mass is 197 g/mol. The molecule has 0 aromatic carbocycles. The van der Waals surface area contributed by atoms with Crippen molar-refractivity contribution in [1.29, 1.82) is 5.26 Å². The van der Waals surface area contributed by atoms with Gasteiger partial charge in [-0.15, -0.1) is 0 Å². The first kappa shape index (κ1) is 10.0. The van der Waals surface area contributed by atoms with Gasteiger partial charge in [-0.3, -0.25) is 0 Å². The van der Waals surface area contributed by atoms with Gasteiger partial charge in [-0.2, -0.15) is 10.4 Å². The molecule has 1 atom stereocenters. The van der Waals surface area contributed by atoms with Crippen molar-refractivity contribution in [2.24, 2.45) is 12.8 Å². The molecule has 0 radical (unpaired) electrons. The third-order valence-corrected chi connectivity index (χ3v) is 2.56. The highest BCUT2D eigenvalue weighted by Crippen LogP contribution is 2.14. The Labute approximate surface area is 80.9 Å². The van der Waals surface area contributed by atoms with Crippen molar-refractivity contribution in [3.05, 3.63) is 6.33 Å². The van der Waals surface area contributed by atoms with Gasteiger partial charge >= 0.3 is 0 Å². The molecule has 5 nitrogen and oxygen atoms in total. The van der Waals surface area contributed by atoms with Crippen LogP contribution in [0.5, 0.6) is 0 Å². The van der Waals surface area contributed by atoms with E-state index in [1.807, 2.05) is 13.1 Å². The summed E-state index contributed by atoms with van der Waals surface area (Å²) < 4.78 is 1.70. The first-order valence-corrected chi connectivity index (χ1v) is 4.84. The molecule has 0 fully saturated rings. The van der Waals surface area contributed by atoms with Crippen LogP contribution in [0.3, 0.4) is 0 Å². The number of nitrogens with two attached hydrogens (primary N) is 1. The second kappa shape index (κ2) is 4.84. The van der Waals surface area contributed by atoms with E-state index in [1.54, 1.807) is 16.4 Å². The predicted molar refractivity (Wildman–Crippen MR) is 49.9 cm³/mol. The molecule has 1 aromatic rings. The molecule has 0 aliphatic rings. The van der Waals surface area contributed by atoms with E-state index < -0.39 is 0 Å². The number of rotatable bonds is 4. The van der Waals surface area contributed by atoms with E-state index in [-0.39, 0.29) is 6.04 Å². The lowest BCUT2D eigenvalue weighted by molar-refractivity contribution is 0.684. The maximum Gasteiger partial charge on any atom is 0.185 e. The molecule has 70 valence electrons. The van der Waals surface area contributed by atoms with Crippen molar-refractivity contribution in [1.82, 2.24) is 14.8 Å². The Morgan fingerprint density at radius 2 is 2.62 bits per heavy atom. The van der Waals surface area contributed by atoms with Crippen LogP contribution in [0.2, 0.25) is 0 Å². The number of aryl methyl sites for hydroxylation is 1. The highest BCUT2D eigenvalue weighted by Gasteiger charge is 2.03. The summed E-state index contributed by atoms with van der Waals surface area (Å²) in [6, 6.07) is 1.61. The molecule has 6 heteroatoms. The van der Waals surface area contributed by atoms with Gasteiger partial charge in [-0.25, -0.2) is 9.67 Å². The van der Waals surface area contributed by atoms with E-state index in [4.69, 9.17) is 11.0 Å².